The van der Waals surface area contributed by atoms with Gasteiger partial charge in [0.25, 0.3) is 0 Å². The molecule has 3 nitrogen and oxygen atoms in total. The van der Waals surface area contributed by atoms with Gasteiger partial charge in [0, 0.05) is 0 Å². The highest BCUT2D eigenvalue weighted by atomic mass is 79.9. The molecular formula is C8H9BrFNO2S. The number of benzene rings is 1. The Kier molecular flexibility index (Phi) is 3.16. The summed E-state index contributed by atoms with van der Waals surface area (Å²) in [5, 5.41) is 0. The van der Waals surface area contributed by atoms with Crippen molar-refractivity contribution < 1.29 is 12.8 Å². The summed E-state index contributed by atoms with van der Waals surface area (Å²) in [4.78, 5) is 0. The van der Waals surface area contributed by atoms with Crippen molar-refractivity contribution in [1.82, 2.24) is 0 Å². The molecule has 1 rings (SSSR count). The molecule has 0 heterocycles. The van der Waals surface area contributed by atoms with Gasteiger partial charge in [-0.15, -0.1) is 0 Å². The van der Waals surface area contributed by atoms with Gasteiger partial charge in [0.1, 0.15) is 5.82 Å². The fourth-order valence-electron chi connectivity index (χ4n) is 0.956. The Hall–Kier alpha value is -0.620. The fourth-order valence-corrected chi connectivity index (χ4v) is 2.03. The minimum Gasteiger partial charge on any atom is -0.283 e. The van der Waals surface area contributed by atoms with E-state index in [1.807, 2.05) is 0 Å². The molecule has 0 aliphatic rings. The molecule has 6 heteroatoms. The normalized spacial score (nSPS) is 11.4. The SMILES string of the molecule is Cc1cc(Br)c(F)cc1NS(C)(=O)=O. The van der Waals surface area contributed by atoms with Gasteiger partial charge in [0.15, 0.2) is 0 Å². The molecule has 0 fully saturated rings. The Bertz CT molecular complexity index is 459. The van der Waals surface area contributed by atoms with E-state index in [0.29, 0.717) is 10.0 Å². The van der Waals surface area contributed by atoms with E-state index in [9.17, 15) is 12.8 Å². The molecule has 1 aromatic rings. The summed E-state index contributed by atoms with van der Waals surface area (Å²) < 4.78 is 37.4. The lowest BCUT2D eigenvalue weighted by molar-refractivity contribution is 0.606. The van der Waals surface area contributed by atoms with Crippen LogP contribution in [0, 0.1) is 12.7 Å². The molecule has 0 aliphatic heterocycles. The average Bonchev–Trinajstić information content (AvgIpc) is 1.97. The number of anilines is 1. The molecule has 0 atom stereocenters. The average molecular weight is 282 g/mol. The summed E-state index contributed by atoms with van der Waals surface area (Å²) in [7, 11) is -3.36. The first-order chi connectivity index (χ1) is 6.29. The first-order valence-corrected chi connectivity index (χ1v) is 6.41. The van der Waals surface area contributed by atoms with Gasteiger partial charge in [-0.2, -0.15) is 0 Å². The molecule has 0 saturated heterocycles. The van der Waals surface area contributed by atoms with Gasteiger partial charge in [0.05, 0.1) is 16.4 Å². The highest BCUT2D eigenvalue weighted by molar-refractivity contribution is 9.10. The molecule has 78 valence electrons. The molecule has 1 aromatic carbocycles. The van der Waals surface area contributed by atoms with Gasteiger partial charge in [-0.1, -0.05) is 0 Å². The van der Waals surface area contributed by atoms with Crippen molar-refractivity contribution in [3.05, 3.63) is 28.0 Å². The summed E-state index contributed by atoms with van der Waals surface area (Å²) in [5.41, 5.74) is 0.914. The third-order valence-electron chi connectivity index (χ3n) is 1.56. The lowest BCUT2D eigenvalue weighted by Gasteiger charge is -2.08. The molecule has 1 N–H and O–H groups in total. The standard InChI is InChI=1S/C8H9BrFNO2S/c1-5-3-6(9)7(10)4-8(5)11-14(2,12)13/h3-4,11H,1-2H3. The van der Waals surface area contributed by atoms with Crippen LogP contribution in [-0.2, 0) is 10.0 Å². The van der Waals surface area contributed by atoms with Gasteiger partial charge >= 0.3 is 0 Å². The Morgan fingerprint density at radius 1 is 1.43 bits per heavy atom. The molecule has 0 radical (unpaired) electrons. The zero-order valence-electron chi connectivity index (χ0n) is 7.64. The van der Waals surface area contributed by atoms with E-state index in [1.54, 1.807) is 6.92 Å². The Morgan fingerprint density at radius 2 is 2.00 bits per heavy atom. The lowest BCUT2D eigenvalue weighted by Crippen LogP contribution is -2.10. The monoisotopic (exact) mass is 281 g/mol. The maximum absolute atomic E-state index is 13.1. The highest BCUT2D eigenvalue weighted by Crippen LogP contribution is 2.24. The van der Waals surface area contributed by atoms with E-state index in [0.717, 1.165) is 12.3 Å². The van der Waals surface area contributed by atoms with Crippen molar-refractivity contribution in [3.8, 4) is 0 Å². The molecular weight excluding hydrogens is 273 g/mol. The summed E-state index contributed by atoms with van der Waals surface area (Å²) in [6, 6.07) is 2.66. The Balaban J connectivity index is 3.17. The summed E-state index contributed by atoms with van der Waals surface area (Å²) in [6.45, 7) is 1.69. The van der Waals surface area contributed by atoms with Gasteiger partial charge < -0.3 is 0 Å². The van der Waals surface area contributed by atoms with Crippen LogP contribution >= 0.6 is 15.9 Å². The largest absolute Gasteiger partial charge is 0.283 e. The summed E-state index contributed by atoms with van der Waals surface area (Å²) in [6.07, 6.45) is 1.02. The van der Waals surface area contributed by atoms with Crippen molar-refractivity contribution >= 4 is 31.6 Å². The number of halogens is 2. The van der Waals surface area contributed by atoms with Gasteiger partial charge in [-0.05, 0) is 40.5 Å². The van der Waals surface area contributed by atoms with Crippen LogP contribution in [0.2, 0.25) is 0 Å². The molecule has 0 unspecified atom stereocenters. The third-order valence-corrected chi connectivity index (χ3v) is 2.76. The number of sulfonamides is 1. The van der Waals surface area contributed by atoms with Crippen molar-refractivity contribution in [1.29, 1.82) is 0 Å². The van der Waals surface area contributed by atoms with Crippen LogP contribution in [0.4, 0.5) is 10.1 Å². The smallest absolute Gasteiger partial charge is 0.229 e. The van der Waals surface area contributed by atoms with Crippen LogP contribution in [0.3, 0.4) is 0 Å². The first kappa shape index (κ1) is 11.5. The molecule has 0 saturated carbocycles. The zero-order chi connectivity index (χ0) is 10.9. The number of rotatable bonds is 2. The summed E-state index contributed by atoms with van der Waals surface area (Å²) >= 11 is 3.01. The van der Waals surface area contributed by atoms with Crippen molar-refractivity contribution in [2.75, 3.05) is 11.0 Å². The van der Waals surface area contributed by atoms with Crippen LogP contribution in [0.25, 0.3) is 0 Å². The van der Waals surface area contributed by atoms with E-state index in [2.05, 4.69) is 20.7 Å². The van der Waals surface area contributed by atoms with Gasteiger partial charge in [-0.25, -0.2) is 12.8 Å². The molecule has 0 bridgehead atoms. The number of hydrogen-bond acceptors (Lipinski definition) is 2. The van der Waals surface area contributed by atoms with Crippen molar-refractivity contribution in [2.45, 2.75) is 6.92 Å². The second-order valence-corrected chi connectivity index (χ2v) is 5.56. The van der Waals surface area contributed by atoms with Crippen LogP contribution in [0.15, 0.2) is 16.6 Å². The van der Waals surface area contributed by atoms with Crippen molar-refractivity contribution in [2.24, 2.45) is 0 Å². The number of nitrogens with one attached hydrogen (secondary N) is 1. The predicted molar refractivity (Wildman–Crippen MR) is 57.3 cm³/mol. The van der Waals surface area contributed by atoms with Gasteiger partial charge in [-0.3, -0.25) is 4.72 Å². The quantitative estimate of drug-likeness (QED) is 0.904. The van der Waals surface area contributed by atoms with Crippen LogP contribution in [0.5, 0.6) is 0 Å². The second kappa shape index (κ2) is 3.86. The van der Waals surface area contributed by atoms with Crippen LogP contribution in [-0.4, -0.2) is 14.7 Å². The second-order valence-electron chi connectivity index (χ2n) is 2.96. The van der Waals surface area contributed by atoms with E-state index in [-0.39, 0.29) is 5.69 Å². The van der Waals surface area contributed by atoms with Crippen molar-refractivity contribution in [3.63, 3.8) is 0 Å². The Morgan fingerprint density at radius 3 is 2.50 bits per heavy atom. The van der Waals surface area contributed by atoms with E-state index < -0.39 is 15.8 Å². The molecule has 0 aliphatic carbocycles. The topological polar surface area (TPSA) is 46.2 Å². The van der Waals surface area contributed by atoms with Gasteiger partial charge in [0.2, 0.25) is 10.0 Å². The van der Waals surface area contributed by atoms with E-state index >= 15 is 0 Å². The number of hydrogen-bond donors (Lipinski definition) is 1. The van der Waals surface area contributed by atoms with E-state index in [1.165, 1.54) is 6.07 Å². The summed E-state index contributed by atoms with van der Waals surface area (Å²) in [5.74, 6) is -0.498. The van der Waals surface area contributed by atoms with E-state index in [4.69, 9.17) is 0 Å². The molecule has 0 amide bonds. The molecule has 0 aromatic heterocycles. The minimum absolute atomic E-state index is 0.258. The maximum atomic E-state index is 13.1. The Labute approximate surface area is 90.5 Å². The zero-order valence-corrected chi connectivity index (χ0v) is 10.0. The molecule has 14 heavy (non-hydrogen) atoms. The van der Waals surface area contributed by atoms with Crippen LogP contribution in [0.1, 0.15) is 5.56 Å². The highest BCUT2D eigenvalue weighted by Gasteiger charge is 2.08. The lowest BCUT2D eigenvalue weighted by atomic mass is 10.2. The molecule has 0 spiro atoms. The first-order valence-electron chi connectivity index (χ1n) is 3.73. The maximum Gasteiger partial charge on any atom is 0.229 e. The number of aryl methyl sites for hydroxylation is 1. The fraction of sp³-hybridized carbons (Fsp3) is 0.250. The third kappa shape index (κ3) is 2.95. The predicted octanol–water partition coefficient (Wildman–Crippen LogP) is 2.27. The minimum atomic E-state index is -3.36. The van der Waals surface area contributed by atoms with Crippen LogP contribution < -0.4 is 4.72 Å².